The Morgan fingerprint density at radius 1 is 1.07 bits per heavy atom. The Balaban J connectivity index is 2.00. The summed E-state index contributed by atoms with van der Waals surface area (Å²) in [6.45, 7) is 0. The van der Waals surface area contributed by atoms with E-state index in [2.05, 4.69) is 10.7 Å². The maximum atomic E-state index is 13.2. The SMILES string of the molecule is CNc1ccc(C2=CC(C(F)(F)F)NN2c2ccc(S(N)(=O)=O)cc2)cc1. The summed E-state index contributed by atoms with van der Waals surface area (Å²) < 4.78 is 62.5. The zero-order valence-corrected chi connectivity index (χ0v) is 15.0. The van der Waals surface area contributed by atoms with Gasteiger partial charge in [0.2, 0.25) is 10.0 Å². The standard InChI is InChI=1S/C17H17F3N4O2S/c1-22-12-4-2-11(3-5-12)15-10-16(17(18,19)20)23-24(15)13-6-8-14(9-7-13)27(21,25)26/h2-10,16,22-23H,1H3,(H2,21,25,26). The minimum Gasteiger partial charge on any atom is -0.388 e. The maximum absolute atomic E-state index is 13.2. The third kappa shape index (κ3) is 4.07. The number of nitrogens with zero attached hydrogens (tertiary/aromatic N) is 1. The van der Waals surface area contributed by atoms with Gasteiger partial charge in [0.05, 0.1) is 16.3 Å². The zero-order chi connectivity index (χ0) is 19.8. The highest BCUT2D eigenvalue weighted by Gasteiger charge is 2.43. The second-order valence-electron chi connectivity index (χ2n) is 5.90. The third-order valence-electron chi connectivity index (χ3n) is 4.08. The normalized spacial score (nSPS) is 17.7. The van der Waals surface area contributed by atoms with Gasteiger partial charge in [0, 0.05) is 12.7 Å². The molecule has 0 bridgehead atoms. The molecule has 27 heavy (non-hydrogen) atoms. The molecule has 0 saturated heterocycles. The zero-order valence-electron chi connectivity index (χ0n) is 14.2. The van der Waals surface area contributed by atoms with Gasteiger partial charge >= 0.3 is 6.18 Å². The van der Waals surface area contributed by atoms with Crippen molar-refractivity contribution in [2.24, 2.45) is 5.14 Å². The van der Waals surface area contributed by atoms with Gasteiger partial charge < -0.3 is 5.32 Å². The first-order chi connectivity index (χ1) is 12.6. The molecule has 0 fully saturated rings. The third-order valence-corrected chi connectivity index (χ3v) is 5.01. The molecular formula is C17H17F3N4O2S. The van der Waals surface area contributed by atoms with Crippen molar-refractivity contribution in [2.75, 3.05) is 17.4 Å². The molecule has 144 valence electrons. The average Bonchev–Trinajstić information content (AvgIpc) is 3.07. The minimum absolute atomic E-state index is 0.123. The van der Waals surface area contributed by atoms with Gasteiger partial charge in [0.1, 0.15) is 6.04 Å². The van der Waals surface area contributed by atoms with E-state index in [1.165, 1.54) is 29.3 Å². The molecule has 2 aromatic rings. The van der Waals surface area contributed by atoms with Crippen LogP contribution in [0.5, 0.6) is 0 Å². The number of nitrogens with two attached hydrogens (primary N) is 1. The van der Waals surface area contributed by atoms with E-state index in [1.807, 2.05) is 0 Å². The monoisotopic (exact) mass is 398 g/mol. The van der Waals surface area contributed by atoms with Gasteiger partial charge in [-0.1, -0.05) is 12.1 Å². The summed E-state index contributed by atoms with van der Waals surface area (Å²) in [5.41, 5.74) is 4.45. The fraction of sp³-hybridized carbons (Fsp3) is 0.176. The van der Waals surface area contributed by atoms with Crippen molar-refractivity contribution in [3.05, 3.63) is 60.2 Å². The van der Waals surface area contributed by atoms with Crippen LogP contribution in [0.1, 0.15) is 5.56 Å². The number of hydrazine groups is 1. The Kier molecular flexibility index (Phi) is 4.89. The summed E-state index contributed by atoms with van der Waals surface area (Å²) >= 11 is 0. The van der Waals surface area contributed by atoms with Crippen LogP contribution in [-0.4, -0.2) is 27.7 Å². The van der Waals surface area contributed by atoms with Crippen molar-refractivity contribution < 1.29 is 21.6 Å². The number of hydrogen-bond donors (Lipinski definition) is 3. The van der Waals surface area contributed by atoms with Crippen LogP contribution in [0.3, 0.4) is 0 Å². The molecule has 0 aliphatic carbocycles. The van der Waals surface area contributed by atoms with Crippen molar-refractivity contribution >= 4 is 27.1 Å². The Morgan fingerprint density at radius 2 is 1.67 bits per heavy atom. The van der Waals surface area contributed by atoms with Gasteiger partial charge in [-0.15, -0.1) is 0 Å². The first-order valence-corrected chi connectivity index (χ1v) is 9.40. The van der Waals surface area contributed by atoms with Crippen LogP contribution in [0.25, 0.3) is 5.70 Å². The first kappa shape index (κ1) is 19.2. The first-order valence-electron chi connectivity index (χ1n) is 7.85. The average molecular weight is 398 g/mol. The van der Waals surface area contributed by atoms with Crippen LogP contribution in [0, 0.1) is 0 Å². The number of nitrogens with one attached hydrogen (secondary N) is 2. The summed E-state index contributed by atoms with van der Waals surface area (Å²) in [6.07, 6.45) is -3.40. The fourth-order valence-corrected chi connectivity index (χ4v) is 3.19. The lowest BCUT2D eigenvalue weighted by Gasteiger charge is -2.25. The summed E-state index contributed by atoms with van der Waals surface area (Å²) in [7, 11) is -2.15. The van der Waals surface area contributed by atoms with Crippen LogP contribution in [0.2, 0.25) is 0 Å². The number of rotatable bonds is 4. The van der Waals surface area contributed by atoms with Crippen LogP contribution in [0.4, 0.5) is 24.5 Å². The molecule has 0 radical (unpaired) electrons. The predicted octanol–water partition coefficient (Wildman–Crippen LogP) is 2.67. The number of halogens is 3. The molecule has 0 aromatic heterocycles. The van der Waals surface area contributed by atoms with Gasteiger partial charge in [-0.05, 0) is 48.0 Å². The number of alkyl halides is 3. The van der Waals surface area contributed by atoms with Crippen LogP contribution in [0.15, 0.2) is 59.5 Å². The van der Waals surface area contributed by atoms with Gasteiger partial charge in [0.15, 0.2) is 0 Å². The van der Waals surface area contributed by atoms with Gasteiger partial charge in [-0.2, -0.15) is 13.2 Å². The molecule has 4 N–H and O–H groups in total. The van der Waals surface area contributed by atoms with Crippen molar-refractivity contribution in [3.63, 3.8) is 0 Å². The Bertz CT molecular complexity index is 955. The Labute approximate surface area is 154 Å². The Hall–Kier alpha value is -2.56. The van der Waals surface area contributed by atoms with Gasteiger partial charge in [-0.25, -0.2) is 19.0 Å². The van der Waals surface area contributed by atoms with E-state index >= 15 is 0 Å². The number of benzene rings is 2. The lowest BCUT2D eigenvalue weighted by atomic mass is 10.1. The van der Waals surface area contributed by atoms with Crippen molar-refractivity contribution in [1.82, 2.24) is 5.43 Å². The summed E-state index contributed by atoms with van der Waals surface area (Å²) in [6, 6.07) is 10.3. The molecule has 3 rings (SSSR count). The smallest absolute Gasteiger partial charge is 0.388 e. The maximum Gasteiger partial charge on any atom is 0.409 e. The second-order valence-corrected chi connectivity index (χ2v) is 7.46. The van der Waals surface area contributed by atoms with E-state index in [0.29, 0.717) is 16.9 Å². The van der Waals surface area contributed by atoms with E-state index in [4.69, 9.17) is 5.14 Å². The molecule has 0 spiro atoms. The van der Waals surface area contributed by atoms with Gasteiger partial charge in [0.25, 0.3) is 0 Å². The predicted molar refractivity (Wildman–Crippen MR) is 97.2 cm³/mol. The molecule has 1 aliphatic rings. The molecule has 0 saturated carbocycles. The molecule has 2 aromatic carbocycles. The molecule has 6 nitrogen and oxygen atoms in total. The Morgan fingerprint density at radius 3 is 2.15 bits per heavy atom. The van der Waals surface area contributed by atoms with Gasteiger partial charge in [-0.3, -0.25) is 5.01 Å². The van der Waals surface area contributed by atoms with Crippen LogP contribution >= 0.6 is 0 Å². The summed E-state index contributed by atoms with van der Waals surface area (Å²) in [4.78, 5) is -0.123. The molecule has 1 heterocycles. The summed E-state index contributed by atoms with van der Waals surface area (Å²) in [5, 5.41) is 9.28. The van der Waals surface area contributed by atoms with E-state index in [1.54, 1.807) is 31.3 Å². The lowest BCUT2D eigenvalue weighted by molar-refractivity contribution is -0.142. The fourth-order valence-electron chi connectivity index (χ4n) is 2.68. The molecular weight excluding hydrogens is 381 g/mol. The lowest BCUT2D eigenvalue weighted by Crippen LogP contribution is -2.44. The second kappa shape index (κ2) is 6.87. The van der Waals surface area contributed by atoms with E-state index in [9.17, 15) is 21.6 Å². The highest BCUT2D eigenvalue weighted by atomic mass is 32.2. The van der Waals surface area contributed by atoms with E-state index < -0.39 is 22.2 Å². The van der Waals surface area contributed by atoms with E-state index in [-0.39, 0.29) is 4.90 Å². The number of primary sulfonamides is 1. The van der Waals surface area contributed by atoms with Crippen molar-refractivity contribution in [3.8, 4) is 0 Å². The molecule has 1 aliphatic heterocycles. The molecule has 1 atom stereocenters. The molecule has 10 heteroatoms. The highest BCUT2D eigenvalue weighted by Crippen LogP contribution is 2.35. The largest absolute Gasteiger partial charge is 0.409 e. The number of sulfonamides is 1. The number of anilines is 2. The highest BCUT2D eigenvalue weighted by molar-refractivity contribution is 7.89. The quantitative estimate of drug-likeness (QED) is 0.737. The van der Waals surface area contributed by atoms with Crippen molar-refractivity contribution in [1.29, 1.82) is 0 Å². The molecule has 0 amide bonds. The molecule has 1 unspecified atom stereocenters. The van der Waals surface area contributed by atoms with E-state index in [0.717, 1.165) is 11.8 Å². The number of hydrogen-bond acceptors (Lipinski definition) is 5. The van der Waals surface area contributed by atoms with Crippen molar-refractivity contribution in [2.45, 2.75) is 17.1 Å². The topological polar surface area (TPSA) is 87.5 Å². The van der Waals surface area contributed by atoms with Crippen LogP contribution in [-0.2, 0) is 10.0 Å². The van der Waals surface area contributed by atoms with Crippen LogP contribution < -0.4 is 20.9 Å². The summed E-state index contributed by atoms with van der Waals surface area (Å²) in [5.74, 6) is 0. The minimum atomic E-state index is -4.48.